The van der Waals surface area contributed by atoms with Gasteiger partial charge in [-0.25, -0.2) is 9.69 Å². The summed E-state index contributed by atoms with van der Waals surface area (Å²) < 4.78 is 4.86. The third-order valence-electron chi connectivity index (χ3n) is 4.94. The van der Waals surface area contributed by atoms with Gasteiger partial charge in [0.1, 0.15) is 0 Å². The lowest BCUT2D eigenvalue weighted by Crippen LogP contribution is -2.42. The molecule has 0 saturated heterocycles. The number of ketones is 1. The monoisotopic (exact) mass is 424 g/mol. The number of rotatable bonds is 6. The summed E-state index contributed by atoms with van der Waals surface area (Å²) in [7, 11) is 1.13. The van der Waals surface area contributed by atoms with E-state index in [1.165, 1.54) is 31.2 Å². The second-order valence-electron chi connectivity index (χ2n) is 7.25. The summed E-state index contributed by atoms with van der Waals surface area (Å²) in [5.41, 5.74) is 2.69. The molecule has 0 N–H and O–H groups in total. The SMILES string of the molecule is C=C(C(C)=O)C(c1ccc([N+](=O)[O-])cc1)N(C(=O)OC)C(=O)c1c(C)cc(C)cc1C. The fourth-order valence-electron chi connectivity index (χ4n) is 3.52. The van der Waals surface area contributed by atoms with Crippen LogP contribution in [0.3, 0.4) is 0 Å². The second-order valence-corrected chi connectivity index (χ2v) is 7.25. The molecule has 0 aliphatic heterocycles. The van der Waals surface area contributed by atoms with E-state index in [4.69, 9.17) is 4.74 Å². The molecule has 0 aliphatic carbocycles. The van der Waals surface area contributed by atoms with Crippen molar-refractivity contribution in [1.82, 2.24) is 4.90 Å². The van der Waals surface area contributed by atoms with E-state index in [2.05, 4.69) is 6.58 Å². The van der Waals surface area contributed by atoms with Crippen LogP contribution in [-0.4, -0.2) is 34.7 Å². The van der Waals surface area contributed by atoms with E-state index in [0.717, 1.165) is 17.6 Å². The molecular formula is C23H24N2O6. The van der Waals surface area contributed by atoms with E-state index in [1.54, 1.807) is 13.8 Å². The zero-order valence-electron chi connectivity index (χ0n) is 18.1. The van der Waals surface area contributed by atoms with Crippen LogP contribution in [0.5, 0.6) is 0 Å². The first-order chi connectivity index (χ1) is 14.5. The molecule has 0 spiro atoms. The van der Waals surface area contributed by atoms with E-state index in [0.29, 0.717) is 22.3 Å². The quantitative estimate of drug-likeness (QED) is 0.381. The van der Waals surface area contributed by atoms with Crippen LogP contribution >= 0.6 is 0 Å². The smallest absolute Gasteiger partial charge is 0.417 e. The highest BCUT2D eigenvalue weighted by atomic mass is 16.6. The number of nitrogens with zero attached hydrogens (tertiary/aromatic N) is 2. The summed E-state index contributed by atoms with van der Waals surface area (Å²) in [5, 5.41) is 11.0. The first-order valence-electron chi connectivity index (χ1n) is 9.43. The highest BCUT2D eigenvalue weighted by molar-refractivity contribution is 6.07. The first-order valence-corrected chi connectivity index (χ1v) is 9.43. The molecule has 162 valence electrons. The Morgan fingerprint density at radius 2 is 1.58 bits per heavy atom. The third kappa shape index (κ3) is 4.85. The van der Waals surface area contributed by atoms with Crippen LogP contribution in [0.4, 0.5) is 10.5 Å². The minimum atomic E-state index is -1.20. The van der Waals surface area contributed by atoms with Crippen LogP contribution in [0.1, 0.15) is 45.6 Å². The largest absolute Gasteiger partial charge is 0.452 e. The molecule has 0 saturated carbocycles. The van der Waals surface area contributed by atoms with E-state index in [-0.39, 0.29) is 11.3 Å². The molecule has 1 atom stereocenters. The molecule has 0 aliphatic rings. The normalized spacial score (nSPS) is 11.4. The number of benzene rings is 2. The summed E-state index contributed by atoms with van der Waals surface area (Å²) in [5.74, 6) is -1.10. The Morgan fingerprint density at radius 1 is 1.06 bits per heavy atom. The Hall–Kier alpha value is -3.81. The molecule has 2 amide bonds. The molecule has 2 rings (SSSR count). The number of carbonyl (C=O) groups is 3. The fraction of sp³-hybridized carbons (Fsp3) is 0.261. The number of ether oxygens (including phenoxy) is 1. The lowest BCUT2D eigenvalue weighted by molar-refractivity contribution is -0.384. The molecule has 0 radical (unpaired) electrons. The average molecular weight is 424 g/mol. The molecule has 0 heterocycles. The van der Waals surface area contributed by atoms with Crippen molar-refractivity contribution >= 4 is 23.5 Å². The Bertz CT molecular complexity index is 1050. The van der Waals surface area contributed by atoms with Gasteiger partial charge in [0.05, 0.1) is 18.1 Å². The number of methoxy groups -OCH3 is 1. The molecule has 2 aromatic carbocycles. The van der Waals surface area contributed by atoms with Crippen LogP contribution in [-0.2, 0) is 9.53 Å². The number of non-ortho nitro benzene ring substituents is 1. The van der Waals surface area contributed by atoms with Crippen molar-refractivity contribution < 1.29 is 24.0 Å². The predicted octanol–water partition coefficient (Wildman–Crippen LogP) is 4.62. The lowest BCUT2D eigenvalue weighted by atomic mass is 9.93. The van der Waals surface area contributed by atoms with E-state index in [1.807, 2.05) is 19.1 Å². The molecule has 0 aromatic heterocycles. The minimum Gasteiger partial charge on any atom is -0.452 e. The number of hydrogen-bond acceptors (Lipinski definition) is 6. The van der Waals surface area contributed by atoms with E-state index < -0.39 is 28.7 Å². The van der Waals surface area contributed by atoms with E-state index >= 15 is 0 Å². The van der Waals surface area contributed by atoms with Crippen LogP contribution in [0.25, 0.3) is 0 Å². The van der Waals surface area contributed by atoms with Crippen LogP contribution in [0.2, 0.25) is 0 Å². The van der Waals surface area contributed by atoms with Crippen molar-refractivity contribution in [1.29, 1.82) is 0 Å². The van der Waals surface area contributed by atoms with Crippen molar-refractivity contribution in [2.45, 2.75) is 33.7 Å². The molecule has 1 unspecified atom stereocenters. The molecule has 2 aromatic rings. The minimum absolute atomic E-state index is 0.0324. The molecule has 0 bridgehead atoms. The van der Waals surface area contributed by atoms with E-state index in [9.17, 15) is 24.5 Å². The van der Waals surface area contributed by atoms with Crippen LogP contribution < -0.4 is 0 Å². The standard InChI is InChI=1S/C23H24N2O6/c1-13-11-14(2)20(15(3)12-13)22(27)24(23(28)31-6)21(16(4)17(5)26)18-7-9-19(10-8-18)25(29)30/h7-12,21H,4H2,1-3,5-6H3. The third-order valence-corrected chi connectivity index (χ3v) is 4.94. The Balaban J connectivity index is 2.71. The summed E-state index contributed by atoms with van der Waals surface area (Å²) in [6.07, 6.45) is -0.977. The Kier molecular flexibility index (Phi) is 7.07. The van der Waals surface area contributed by atoms with Crippen molar-refractivity contribution in [3.05, 3.63) is 86.5 Å². The van der Waals surface area contributed by atoms with Gasteiger partial charge >= 0.3 is 6.09 Å². The summed E-state index contributed by atoms with van der Waals surface area (Å²) in [6.45, 7) is 10.4. The Labute approximate surface area is 180 Å². The second kappa shape index (κ2) is 9.34. The first kappa shape index (κ1) is 23.5. The van der Waals surface area contributed by atoms with Crippen molar-refractivity contribution in [3.8, 4) is 0 Å². The number of imide groups is 1. The van der Waals surface area contributed by atoms with Crippen LogP contribution in [0, 0.1) is 30.9 Å². The van der Waals surface area contributed by atoms with Crippen molar-refractivity contribution in [2.75, 3.05) is 7.11 Å². The average Bonchev–Trinajstić information content (AvgIpc) is 2.70. The molecule has 0 fully saturated rings. The van der Waals surface area contributed by atoms with Gasteiger partial charge in [-0.1, -0.05) is 24.3 Å². The van der Waals surface area contributed by atoms with Gasteiger partial charge in [0.15, 0.2) is 5.78 Å². The highest BCUT2D eigenvalue weighted by Crippen LogP contribution is 2.33. The molecule has 8 heteroatoms. The van der Waals surface area contributed by atoms with Gasteiger partial charge in [0.2, 0.25) is 0 Å². The predicted molar refractivity (Wildman–Crippen MR) is 115 cm³/mol. The number of aryl methyl sites for hydroxylation is 3. The molecule has 8 nitrogen and oxygen atoms in total. The van der Waals surface area contributed by atoms with Crippen molar-refractivity contribution in [2.24, 2.45) is 0 Å². The summed E-state index contributed by atoms with van der Waals surface area (Å²) >= 11 is 0. The zero-order valence-corrected chi connectivity index (χ0v) is 18.1. The number of carbonyl (C=O) groups excluding carboxylic acids is 3. The number of amides is 2. The topological polar surface area (TPSA) is 107 Å². The molecular weight excluding hydrogens is 400 g/mol. The van der Waals surface area contributed by atoms with Gasteiger partial charge in [0.25, 0.3) is 11.6 Å². The number of hydrogen-bond donors (Lipinski definition) is 0. The summed E-state index contributed by atoms with van der Waals surface area (Å²) in [6, 6.07) is 7.67. The van der Waals surface area contributed by atoms with Gasteiger partial charge in [-0.3, -0.25) is 19.7 Å². The van der Waals surface area contributed by atoms with Gasteiger partial charge in [-0.05, 0) is 56.5 Å². The highest BCUT2D eigenvalue weighted by Gasteiger charge is 2.37. The number of nitro benzene ring substituents is 1. The maximum atomic E-state index is 13.6. The van der Waals surface area contributed by atoms with Gasteiger partial charge in [-0.2, -0.15) is 0 Å². The van der Waals surface area contributed by atoms with Crippen molar-refractivity contribution in [3.63, 3.8) is 0 Å². The summed E-state index contributed by atoms with van der Waals surface area (Å²) in [4.78, 5) is 49.8. The maximum absolute atomic E-state index is 13.6. The molecule has 31 heavy (non-hydrogen) atoms. The van der Waals surface area contributed by atoms with Gasteiger partial charge in [-0.15, -0.1) is 0 Å². The fourth-order valence-corrected chi connectivity index (χ4v) is 3.52. The Morgan fingerprint density at radius 3 is 2.00 bits per heavy atom. The van der Waals surface area contributed by atoms with Gasteiger partial charge in [0, 0.05) is 23.3 Å². The maximum Gasteiger partial charge on any atom is 0.417 e. The van der Waals surface area contributed by atoms with Crippen LogP contribution in [0.15, 0.2) is 48.6 Å². The number of nitro groups is 1. The lowest BCUT2D eigenvalue weighted by Gasteiger charge is -2.31. The number of Topliss-reactive ketones (excluding diaryl/α,β-unsaturated/α-hetero) is 1. The zero-order chi connectivity index (χ0) is 23.5. The van der Waals surface area contributed by atoms with Gasteiger partial charge < -0.3 is 4.74 Å².